The van der Waals surface area contributed by atoms with E-state index in [0.29, 0.717) is 10.1 Å². The number of benzene rings is 1. The van der Waals surface area contributed by atoms with E-state index in [1.807, 2.05) is 30.3 Å². The van der Waals surface area contributed by atoms with Gasteiger partial charge in [-0.25, -0.2) is 9.36 Å². The van der Waals surface area contributed by atoms with E-state index in [1.165, 1.54) is 12.3 Å². The molecule has 1 aromatic carbocycles. The highest BCUT2D eigenvalue weighted by atomic mass is 16.4. The molecular formula is C12H9NO3. The average Bonchev–Trinajstić information content (AvgIpc) is 2.30. The first-order chi connectivity index (χ1) is 7.68. The van der Waals surface area contributed by atoms with Crippen molar-refractivity contribution in [3.05, 3.63) is 59.0 Å². The molecule has 0 aliphatic heterocycles. The van der Waals surface area contributed by atoms with Crippen LogP contribution in [-0.4, -0.2) is 15.8 Å². The molecule has 1 N–H and O–H groups in total. The Morgan fingerprint density at radius 3 is 2.31 bits per heavy atom. The number of hydrogen-bond acceptors (Lipinski definition) is 2. The second kappa shape index (κ2) is 4.02. The Bertz CT molecular complexity index is 572. The van der Waals surface area contributed by atoms with Crippen LogP contribution in [0.3, 0.4) is 0 Å². The molecule has 0 atom stereocenters. The van der Waals surface area contributed by atoms with Gasteiger partial charge in [0.25, 0.3) is 5.56 Å². The first kappa shape index (κ1) is 10.2. The number of aromatic nitrogens is 1. The number of carbonyl (C=O) groups is 1. The zero-order valence-electron chi connectivity index (χ0n) is 8.33. The Morgan fingerprint density at radius 2 is 1.69 bits per heavy atom. The molecule has 0 spiro atoms. The molecule has 80 valence electrons. The van der Waals surface area contributed by atoms with Crippen LogP contribution in [0.15, 0.2) is 53.5 Å². The van der Waals surface area contributed by atoms with Crippen LogP contribution in [0.4, 0.5) is 4.79 Å². The maximum atomic E-state index is 11.2. The van der Waals surface area contributed by atoms with Gasteiger partial charge in [-0.15, -0.1) is 0 Å². The van der Waals surface area contributed by atoms with Gasteiger partial charge in [-0.05, 0) is 17.2 Å². The van der Waals surface area contributed by atoms with E-state index in [-0.39, 0.29) is 0 Å². The average molecular weight is 215 g/mol. The highest BCUT2D eigenvalue weighted by Gasteiger charge is 2.05. The number of pyridine rings is 1. The van der Waals surface area contributed by atoms with Crippen LogP contribution in [0.2, 0.25) is 0 Å². The Kier molecular flexibility index (Phi) is 2.55. The zero-order chi connectivity index (χ0) is 11.5. The summed E-state index contributed by atoms with van der Waals surface area (Å²) in [4.78, 5) is 22.0. The molecule has 0 radical (unpaired) electrons. The van der Waals surface area contributed by atoms with Crippen LogP contribution < -0.4 is 5.56 Å². The molecule has 2 rings (SSSR count). The summed E-state index contributed by atoms with van der Waals surface area (Å²) in [6.07, 6.45) is 0.0442. The Morgan fingerprint density at radius 1 is 1.00 bits per heavy atom. The predicted octanol–water partition coefficient (Wildman–Crippen LogP) is 2.04. The predicted molar refractivity (Wildman–Crippen MR) is 59.6 cm³/mol. The van der Waals surface area contributed by atoms with Crippen molar-refractivity contribution >= 4 is 6.09 Å². The maximum absolute atomic E-state index is 11.2. The van der Waals surface area contributed by atoms with Gasteiger partial charge in [-0.2, -0.15) is 0 Å². The lowest BCUT2D eigenvalue weighted by atomic mass is 10.1. The topological polar surface area (TPSA) is 59.3 Å². The molecule has 0 saturated heterocycles. The first-order valence-corrected chi connectivity index (χ1v) is 4.70. The summed E-state index contributed by atoms with van der Waals surface area (Å²) in [6, 6.07) is 12.1. The summed E-state index contributed by atoms with van der Waals surface area (Å²) in [5.74, 6) is 0. The molecule has 0 fully saturated rings. The Hall–Kier alpha value is -2.36. The number of hydrogen-bond donors (Lipinski definition) is 1. The second-order valence-electron chi connectivity index (χ2n) is 3.27. The van der Waals surface area contributed by atoms with Crippen LogP contribution in [0.1, 0.15) is 0 Å². The van der Waals surface area contributed by atoms with Crippen LogP contribution in [0, 0.1) is 0 Å². The van der Waals surface area contributed by atoms with Crippen molar-refractivity contribution in [3.8, 4) is 11.1 Å². The Balaban J connectivity index is 2.57. The largest absolute Gasteiger partial charge is 0.464 e. The molecule has 1 heterocycles. The van der Waals surface area contributed by atoms with Crippen molar-refractivity contribution < 1.29 is 9.90 Å². The van der Waals surface area contributed by atoms with E-state index in [9.17, 15) is 9.59 Å². The van der Waals surface area contributed by atoms with E-state index in [0.717, 1.165) is 5.56 Å². The highest BCUT2D eigenvalue weighted by Crippen LogP contribution is 2.16. The van der Waals surface area contributed by atoms with Gasteiger partial charge < -0.3 is 5.11 Å². The first-order valence-electron chi connectivity index (χ1n) is 4.70. The molecule has 4 nitrogen and oxygen atoms in total. The van der Waals surface area contributed by atoms with Crippen molar-refractivity contribution in [1.82, 2.24) is 4.57 Å². The van der Waals surface area contributed by atoms with Crippen molar-refractivity contribution in [2.75, 3.05) is 0 Å². The fraction of sp³-hybridized carbons (Fsp3) is 0. The van der Waals surface area contributed by atoms with E-state index in [2.05, 4.69) is 0 Å². The van der Waals surface area contributed by atoms with Gasteiger partial charge in [0.2, 0.25) is 0 Å². The van der Waals surface area contributed by atoms with Crippen molar-refractivity contribution in [3.63, 3.8) is 0 Å². The van der Waals surface area contributed by atoms with Crippen LogP contribution in [0.25, 0.3) is 11.1 Å². The molecule has 0 saturated carbocycles. The summed E-state index contributed by atoms with van der Waals surface area (Å²) in [7, 11) is 0. The van der Waals surface area contributed by atoms with Gasteiger partial charge >= 0.3 is 6.09 Å². The fourth-order valence-electron chi connectivity index (χ4n) is 1.44. The molecule has 0 aliphatic carbocycles. The third-order valence-corrected chi connectivity index (χ3v) is 2.22. The molecule has 1 aromatic heterocycles. The third-order valence-electron chi connectivity index (χ3n) is 2.22. The molecular weight excluding hydrogens is 206 g/mol. The fourth-order valence-corrected chi connectivity index (χ4v) is 1.44. The quantitative estimate of drug-likeness (QED) is 0.791. The lowest BCUT2D eigenvalue weighted by Gasteiger charge is -2.03. The van der Waals surface area contributed by atoms with Gasteiger partial charge in [0, 0.05) is 12.3 Å². The van der Waals surface area contributed by atoms with Crippen LogP contribution in [-0.2, 0) is 0 Å². The van der Waals surface area contributed by atoms with Crippen LogP contribution >= 0.6 is 0 Å². The minimum atomic E-state index is -1.28. The molecule has 4 heteroatoms. The van der Waals surface area contributed by atoms with E-state index in [1.54, 1.807) is 6.07 Å². The van der Waals surface area contributed by atoms with Gasteiger partial charge in [-0.3, -0.25) is 4.79 Å². The van der Waals surface area contributed by atoms with Gasteiger partial charge in [0.05, 0.1) is 0 Å². The minimum Gasteiger partial charge on any atom is -0.464 e. The molecule has 0 amide bonds. The molecule has 16 heavy (non-hydrogen) atoms. The summed E-state index contributed by atoms with van der Waals surface area (Å²) in [5, 5.41) is 8.80. The van der Waals surface area contributed by atoms with Crippen molar-refractivity contribution in [1.29, 1.82) is 0 Å². The lowest BCUT2D eigenvalue weighted by Crippen LogP contribution is -2.24. The summed E-state index contributed by atoms with van der Waals surface area (Å²) < 4.78 is 0.669. The molecule has 0 unspecified atom stereocenters. The number of nitrogens with zero attached hydrogens (tertiary/aromatic N) is 1. The lowest BCUT2D eigenvalue weighted by molar-refractivity contribution is 0.195. The Labute approximate surface area is 91.4 Å². The molecule has 2 aromatic rings. The van der Waals surface area contributed by atoms with E-state index < -0.39 is 11.7 Å². The van der Waals surface area contributed by atoms with Gasteiger partial charge in [0.15, 0.2) is 0 Å². The zero-order valence-corrected chi connectivity index (χ0v) is 8.33. The van der Waals surface area contributed by atoms with E-state index >= 15 is 0 Å². The number of rotatable bonds is 1. The normalized spacial score (nSPS) is 10.0. The van der Waals surface area contributed by atoms with Crippen molar-refractivity contribution in [2.24, 2.45) is 0 Å². The third kappa shape index (κ3) is 1.86. The smallest absolute Gasteiger partial charge is 0.418 e. The minimum absolute atomic E-state index is 0.549. The van der Waals surface area contributed by atoms with Gasteiger partial charge in [0.1, 0.15) is 0 Å². The van der Waals surface area contributed by atoms with Crippen LogP contribution in [0.5, 0.6) is 0 Å². The van der Waals surface area contributed by atoms with Gasteiger partial charge in [-0.1, -0.05) is 30.3 Å². The summed E-state index contributed by atoms with van der Waals surface area (Å²) in [5.41, 5.74) is 1.02. The standard InChI is InChI=1S/C12H9NO3/c14-11-7-6-10(8-13(11)12(15)16)9-4-2-1-3-5-9/h1-8H,(H,15,16). The SMILES string of the molecule is O=C(O)n1cc(-c2ccccc2)ccc1=O. The van der Waals surface area contributed by atoms with E-state index in [4.69, 9.17) is 5.11 Å². The molecule has 0 bridgehead atoms. The highest BCUT2D eigenvalue weighted by molar-refractivity contribution is 5.71. The molecule has 0 aliphatic rings. The van der Waals surface area contributed by atoms with Crippen molar-refractivity contribution in [2.45, 2.75) is 0 Å². The summed E-state index contributed by atoms with van der Waals surface area (Å²) >= 11 is 0. The second-order valence-corrected chi connectivity index (χ2v) is 3.27. The maximum Gasteiger partial charge on any atom is 0.418 e. The number of carboxylic acid groups (broad SMARTS) is 1. The monoisotopic (exact) mass is 215 g/mol. The summed E-state index contributed by atoms with van der Waals surface area (Å²) in [6.45, 7) is 0.